The van der Waals surface area contributed by atoms with E-state index in [0.29, 0.717) is 16.5 Å². The topological polar surface area (TPSA) is 81.2 Å². The molecule has 0 atom stereocenters. The molecule has 0 radical (unpaired) electrons. The van der Waals surface area contributed by atoms with Gasteiger partial charge in [-0.15, -0.1) is 23.1 Å². The fourth-order valence-corrected chi connectivity index (χ4v) is 3.94. The third kappa shape index (κ3) is 5.42. The molecule has 0 bridgehead atoms. The van der Waals surface area contributed by atoms with Crippen LogP contribution in [0.2, 0.25) is 0 Å². The average Bonchev–Trinajstić information content (AvgIpc) is 3.26. The highest BCUT2D eigenvalue weighted by atomic mass is 32.2. The van der Waals surface area contributed by atoms with Crippen LogP contribution in [0.4, 0.5) is 18.9 Å². The van der Waals surface area contributed by atoms with Gasteiger partial charge < -0.3 is 10.1 Å². The number of nitrogens with one attached hydrogen (secondary N) is 1. The van der Waals surface area contributed by atoms with E-state index in [2.05, 4.69) is 15.3 Å². The maximum Gasteiger partial charge on any atom is 0.418 e. The molecule has 0 unspecified atom stereocenters. The first-order chi connectivity index (χ1) is 14.7. The summed E-state index contributed by atoms with van der Waals surface area (Å²) in [5.74, 6) is -1.27. The monoisotopic (exact) mass is 467 g/mol. The van der Waals surface area contributed by atoms with E-state index in [4.69, 9.17) is 4.74 Å². The van der Waals surface area contributed by atoms with Crippen molar-refractivity contribution in [2.24, 2.45) is 0 Å². The number of aromatic nitrogens is 2. The third-order valence-corrected chi connectivity index (χ3v) is 5.58. The van der Waals surface area contributed by atoms with E-state index >= 15 is 0 Å². The van der Waals surface area contributed by atoms with Crippen LogP contribution in [0.3, 0.4) is 0 Å². The van der Waals surface area contributed by atoms with Crippen molar-refractivity contribution in [3.05, 3.63) is 58.6 Å². The number of carbonyl (C=O) groups is 2. The molecular weight excluding hydrogens is 451 g/mol. The van der Waals surface area contributed by atoms with Gasteiger partial charge in [-0.05, 0) is 36.8 Å². The predicted octanol–water partition coefficient (Wildman–Crippen LogP) is 5.05. The number of hydrogen-bond donors (Lipinski definition) is 1. The Bertz CT molecular complexity index is 1100. The number of nitrogens with zero attached hydrogens (tertiary/aromatic N) is 2. The maximum absolute atomic E-state index is 13.0. The van der Waals surface area contributed by atoms with Crippen LogP contribution in [-0.4, -0.2) is 34.7 Å². The van der Waals surface area contributed by atoms with Crippen LogP contribution >= 0.6 is 23.1 Å². The predicted molar refractivity (Wildman–Crippen MR) is 112 cm³/mol. The number of thioether (sulfide) groups is 1. The minimum absolute atomic E-state index is 0.108. The molecule has 1 amide bonds. The molecule has 3 aromatic rings. The number of para-hydroxylation sites is 1. The fraction of sp³-hybridized carbons (Fsp3) is 0.200. The third-order valence-electron chi connectivity index (χ3n) is 4.04. The average molecular weight is 467 g/mol. The van der Waals surface area contributed by atoms with Crippen molar-refractivity contribution >= 4 is 40.7 Å². The second kappa shape index (κ2) is 9.48. The molecule has 0 aliphatic carbocycles. The largest absolute Gasteiger partial charge is 0.452 e. The van der Waals surface area contributed by atoms with Gasteiger partial charge in [-0.2, -0.15) is 13.2 Å². The molecule has 31 heavy (non-hydrogen) atoms. The highest BCUT2D eigenvalue weighted by molar-refractivity contribution is 7.98. The van der Waals surface area contributed by atoms with Gasteiger partial charge in [0, 0.05) is 0 Å². The van der Waals surface area contributed by atoms with E-state index in [-0.39, 0.29) is 5.56 Å². The summed E-state index contributed by atoms with van der Waals surface area (Å²) < 4.78 is 44.2. The molecule has 1 N–H and O–H groups in total. The highest BCUT2D eigenvalue weighted by Gasteiger charge is 2.33. The lowest BCUT2D eigenvalue weighted by Crippen LogP contribution is -2.23. The van der Waals surface area contributed by atoms with Crippen molar-refractivity contribution in [1.82, 2.24) is 9.97 Å². The van der Waals surface area contributed by atoms with Crippen LogP contribution in [0.5, 0.6) is 0 Å². The molecule has 11 heteroatoms. The van der Waals surface area contributed by atoms with E-state index in [9.17, 15) is 22.8 Å². The number of carbonyl (C=O) groups excluding carboxylic acids is 2. The van der Waals surface area contributed by atoms with Crippen molar-refractivity contribution in [3.63, 3.8) is 0 Å². The van der Waals surface area contributed by atoms with Gasteiger partial charge >= 0.3 is 12.1 Å². The van der Waals surface area contributed by atoms with Crippen molar-refractivity contribution in [2.45, 2.75) is 18.1 Å². The normalized spacial score (nSPS) is 11.3. The minimum atomic E-state index is -4.63. The molecule has 6 nitrogen and oxygen atoms in total. The molecule has 0 saturated heterocycles. The van der Waals surface area contributed by atoms with Crippen molar-refractivity contribution in [3.8, 4) is 10.7 Å². The number of alkyl halides is 3. The number of ether oxygens (including phenoxy) is 1. The number of halogens is 3. The Kier molecular flexibility index (Phi) is 6.96. The van der Waals surface area contributed by atoms with E-state index in [0.717, 1.165) is 17.0 Å². The molecular formula is C20H16F3N3O3S2. The highest BCUT2D eigenvalue weighted by Crippen LogP contribution is 2.34. The molecule has 0 aliphatic rings. The zero-order valence-electron chi connectivity index (χ0n) is 16.3. The van der Waals surface area contributed by atoms with E-state index in [1.165, 1.54) is 35.2 Å². The van der Waals surface area contributed by atoms with Crippen molar-refractivity contribution in [2.75, 3.05) is 18.2 Å². The van der Waals surface area contributed by atoms with Crippen LogP contribution in [0.15, 0.2) is 46.8 Å². The number of hydrogen-bond acceptors (Lipinski definition) is 7. The van der Waals surface area contributed by atoms with E-state index in [1.54, 1.807) is 13.2 Å². The van der Waals surface area contributed by atoms with Crippen LogP contribution in [0.25, 0.3) is 10.7 Å². The molecule has 0 saturated carbocycles. The summed E-state index contributed by atoms with van der Waals surface area (Å²) in [6.45, 7) is 0.861. The summed E-state index contributed by atoms with van der Waals surface area (Å²) in [7, 11) is 0. The van der Waals surface area contributed by atoms with Crippen LogP contribution in [0, 0.1) is 6.92 Å². The zero-order valence-corrected chi connectivity index (χ0v) is 18.0. The second-order valence-corrected chi connectivity index (χ2v) is 7.90. The van der Waals surface area contributed by atoms with E-state index < -0.39 is 35.9 Å². The number of anilines is 1. The Hall–Kier alpha value is -2.92. The molecule has 2 heterocycles. The van der Waals surface area contributed by atoms with Gasteiger partial charge in [0.15, 0.2) is 12.4 Å². The number of esters is 1. The van der Waals surface area contributed by atoms with Crippen LogP contribution in [0.1, 0.15) is 21.6 Å². The van der Waals surface area contributed by atoms with E-state index in [1.807, 2.05) is 17.5 Å². The first-order valence-electron chi connectivity index (χ1n) is 8.80. The van der Waals surface area contributed by atoms with Gasteiger partial charge in [0.05, 0.1) is 21.8 Å². The summed E-state index contributed by atoms with van der Waals surface area (Å²) in [6, 6.07) is 8.25. The number of thiophene rings is 1. The van der Waals surface area contributed by atoms with Crippen LogP contribution < -0.4 is 5.32 Å². The van der Waals surface area contributed by atoms with Crippen LogP contribution in [-0.2, 0) is 15.7 Å². The molecule has 1 aromatic carbocycles. The summed E-state index contributed by atoms with van der Waals surface area (Å²) in [5, 5.41) is 4.38. The van der Waals surface area contributed by atoms with Gasteiger partial charge in [0.2, 0.25) is 0 Å². The molecule has 3 rings (SSSR count). The maximum atomic E-state index is 13.0. The lowest BCUT2D eigenvalue weighted by molar-refractivity contribution is -0.137. The smallest absolute Gasteiger partial charge is 0.418 e. The standard InChI is InChI=1S/C20H16F3N3O3S2/c1-11-16(18(30-2)26-17(24-11)14-8-5-9-31-14)19(28)29-10-15(27)25-13-7-4-3-6-12(13)20(21,22)23/h3-9H,10H2,1-2H3,(H,25,27). The zero-order chi connectivity index (χ0) is 22.6. The van der Waals surface area contributed by atoms with Crippen molar-refractivity contribution in [1.29, 1.82) is 0 Å². The second-order valence-electron chi connectivity index (χ2n) is 6.16. The summed E-state index contributed by atoms with van der Waals surface area (Å²) in [6.07, 6.45) is -2.90. The first-order valence-corrected chi connectivity index (χ1v) is 10.9. The molecule has 0 spiro atoms. The molecule has 162 valence electrons. The fourth-order valence-electron chi connectivity index (χ4n) is 2.67. The Morgan fingerprint density at radius 2 is 1.90 bits per heavy atom. The quantitative estimate of drug-likeness (QED) is 0.310. The van der Waals surface area contributed by atoms with Crippen molar-refractivity contribution < 1.29 is 27.5 Å². The number of aryl methyl sites for hydroxylation is 1. The van der Waals surface area contributed by atoms with Gasteiger partial charge in [-0.25, -0.2) is 14.8 Å². The van der Waals surface area contributed by atoms with Gasteiger partial charge in [0.25, 0.3) is 5.91 Å². The van der Waals surface area contributed by atoms with Gasteiger partial charge in [-0.1, -0.05) is 18.2 Å². The lowest BCUT2D eigenvalue weighted by Gasteiger charge is -2.14. The lowest BCUT2D eigenvalue weighted by atomic mass is 10.1. The Morgan fingerprint density at radius 3 is 2.55 bits per heavy atom. The summed E-state index contributed by atoms with van der Waals surface area (Å²) >= 11 is 2.67. The van der Waals surface area contributed by atoms with Gasteiger partial charge in [-0.3, -0.25) is 4.79 Å². The first kappa shape index (κ1) is 22.8. The molecule has 0 aliphatic heterocycles. The SMILES string of the molecule is CSc1nc(-c2cccs2)nc(C)c1C(=O)OCC(=O)Nc1ccccc1C(F)(F)F. The minimum Gasteiger partial charge on any atom is -0.452 e. The Morgan fingerprint density at radius 1 is 1.16 bits per heavy atom. The Balaban J connectivity index is 1.72. The summed E-state index contributed by atoms with van der Waals surface area (Å²) in [4.78, 5) is 34.2. The number of amides is 1. The summed E-state index contributed by atoms with van der Waals surface area (Å²) in [5.41, 5.74) is -0.930. The molecule has 2 aromatic heterocycles. The molecule has 0 fully saturated rings. The number of benzene rings is 1. The van der Waals surface area contributed by atoms with Gasteiger partial charge in [0.1, 0.15) is 10.6 Å². The number of rotatable bonds is 6. The Labute approximate surface area is 183 Å².